The van der Waals surface area contributed by atoms with Crippen LogP contribution in [0.15, 0.2) is 84.4 Å². The molecule has 6 rings (SSSR count). The molecule has 0 radical (unpaired) electrons. The van der Waals surface area contributed by atoms with Crippen molar-refractivity contribution in [3.8, 4) is 33.2 Å². The molecule has 2 aromatic heterocycles. The Hall–Kier alpha value is -6.43. The number of para-hydroxylation sites is 1. The van der Waals surface area contributed by atoms with Gasteiger partial charge in [-0.3, -0.25) is 19.2 Å². The summed E-state index contributed by atoms with van der Waals surface area (Å²) in [5, 5.41) is 37.1. The zero-order valence-electron chi connectivity index (χ0n) is 35.1. The molecule has 3 aromatic carbocycles. The van der Waals surface area contributed by atoms with Crippen LogP contribution in [0, 0.1) is 12.3 Å². The quantitative estimate of drug-likeness (QED) is 0.0728. The Labute approximate surface area is 363 Å². The molecule has 3 heterocycles. The van der Waals surface area contributed by atoms with Crippen LogP contribution in [0.3, 0.4) is 0 Å². The number of amides is 4. The Balaban J connectivity index is 0.916. The molecule has 62 heavy (non-hydrogen) atoms. The number of aromatic hydroxyl groups is 1. The number of nitrogens with one attached hydrogen (secondary N) is 3. The zero-order valence-corrected chi connectivity index (χ0v) is 35.9. The van der Waals surface area contributed by atoms with E-state index >= 15 is 0 Å². The third-order valence-corrected chi connectivity index (χ3v) is 11.3. The van der Waals surface area contributed by atoms with Gasteiger partial charge in [-0.05, 0) is 53.3 Å². The number of thiazole rings is 1. The lowest BCUT2D eigenvalue weighted by Gasteiger charge is -2.35. The Morgan fingerprint density at radius 3 is 2.39 bits per heavy atom. The molecule has 1 aliphatic heterocycles. The second-order valence-corrected chi connectivity index (χ2v) is 16.9. The average Bonchev–Trinajstić information content (AvgIpc) is 3.87. The summed E-state index contributed by atoms with van der Waals surface area (Å²) >= 11 is 1.56. The number of hydrogen-bond donors (Lipinski definition) is 6. The molecule has 1 fully saturated rings. The fourth-order valence-corrected chi connectivity index (χ4v) is 7.72. The molecule has 0 unspecified atom stereocenters. The van der Waals surface area contributed by atoms with Gasteiger partial charge in [0.15, 0.2) is 11.6 Å². The first-order valence-corrected chi connectivity index (χ1v) is 21.1. The maximum absolute atomic E-state index is 13.9. The first-order valence-electron chi connectivity index (χ1n) is 20.2. The van der Waals surface area contributed by atoms with Gasteiger partial charge < -0.3 is 46.3 Å². The van der Waals surface area contributed by atoms with Gasteiger partial charge in [-0.15, -0.1) is 21.5 Å². The number of anilines is 1. The number of carbonyl (C=O) groups excluding carboxylic acids is 4. The summed E-state index contributed by atoms with van der Waals surface area (Å²) < 4.78 is 11.4. The molecule has 3 atom stereocenters. The normalized spacial score (nSPS) is 15.5. The maximum atomic E-state index is 13.9. The fourth-order valence-electron chi connectivity index (χ4n) is 6.91. The van der Waals surface area contributed by atoms with Gasteiger partial charge in [0.25, 0.3) is 5.91 Å². The number of benzene rings is 3. The van der Waals surface area contributed by atoms with E-state index in [0.717, 1.165) is 27.3 Å². The Morgan fingerprint density at radius 1 is 0.968 bits per heavy atom. The van der Waals surface area contributed by atoms with Crippen LogP contribution in [-0.4, -0.2) is 105 Å². The van der Waals surface area contributed by atoms with E-state index in [4.69, 9.17) is 15.2 Å². The second-order valence-electron chi connectivity index (χ2n) is 16.0. The van der Waals surface area contributed by atoms with E-state index in [-0.39, 0.29) is 63.4 Å². The van der Waals surface area contributed by atoms with E-state index in [9.17, 15) is 29.4 Å². The first-order chi connectivity index (χ1) is 29.7. The minimum atomic E-state index is -1.01. The minimum Gasteiger partial charge on any atom is -0.507 e. The number of phenols is 1. The number of likely N-dealkylation sites (tertiary alicyclic amines) is 1. The predicted molar refractivity (Wildman–Crippen MR) is 234 cm³/mol. The van der Waals surface area contributed by atoms with Crippen LogP contribution in [0.1, 0.15) is 54.4 Å². The predicted octanol–water partition coefficient (Wildman–Crippen LogP) is 4.04. The number of nitrogens with two attached hydrogens (primary N) is 1. The molecular formula is C45H52N8O8S. The van der Waals surface area contributed by atoms with Crippen molar-refractivity contribution < 1.29 is 38.9 Å². The number of nitrogen functional groups attached to an aromatic ring is 1. The van der Waals surface area contributed by atoms with Crippen molar-refractivity contribution in [3.63, 3.8) is 0 Å². The molecule has 17 heteroatoms. The molecule has 0 spiro atoms. The van der Waals surface area contributed by atoms with Gasteiger partial charge in [0.1, 0.15) is 30.1 Å². The van der Waals surface area contributed by atoms with Crippen LogP contribution in [0.2, 0.25) is 0 Å². The largest absolute Gasteiger partial charge is 0.507 e. The summed E-state index contributed by atoms with van der Waals surface area (Å²) in [6.45, 7) is 7.65. The van der Waals surface area contributed by atoms with E-state index in [0.29, 0.717) is 29.0 Å². The SMILES string of the molecule is Cc1ncsc1-c1ccc(CNC(=O)[C@@H]2C[C@@H](O)CN2C(=O)[C@@H](NC(=O)COCCNC(=O)c2ccc(CCOc3cc(-c4ccccc4O)nnc3N)cc2)C(C)(C)C)cc1. The van der Waals surface area contributed by atoms with Gasteiger partial charge in [0.2, 0.25) is 17.7 Å². The molecule has 1 saturated heterocycles. The fraction of sp³-hybridized carbons (Fsp3) is 0.356. The molecule has 326 valence electrons. The number of aliphatic hydroxyl groups is 1. The molecule has 0 saturated carbocycles. The number of phenolic OH excluding ortho intramolecular Hbond substituents is 1. The average molecular weight is 865 g/mol. The van der Waals surface area contributed by atoms with Crippen molar-refractivity contribution in [1.29, 1.82) is 0 Å². The van der Waals surface area contributed by atoms with E-state index in [2.05, 4.69) is 31.1 Å². The zero-order chi connectivity index (χ0) is 44.4. The highest BCUT2D eigenvalue weighted by Gasteiger charge is 2.44. The monoisotopic (exact) mass is 864 g/mol. The smallest absolute Gasteiger partial charge is 0.251 e. The Bertz CT molecular complexity index is 2350. The van der Waals surface area contributed by atoms with Gasteiger partial charge in [-0.2, -0.15) is 0 Å². The van der Waals surface area contributed by atoms with Crippen molar-refractivity contribution in [2.75, 3.05) is 38.6 Å². The summed E-state index contributed by atoms with van der Waals surface area (Å²) in [5.41, 5.74) is 12.2. The molecular weight excluding hydrogens is 813 g/mol. The van der Waals surface area contributed by atoms with Gasteiger partial charge >= 0.3 is 0 Å². The highest BCUT2D eigenvalue weighted by molar-refractivity contribution is 7.13. The lowest BCUT2D eigenvalue weighted by atomic mass is 9.85. The van der Waals surface area contributed by atoms with Gasteiger partial charge in [0, 0.05) is 49.7 Å². The summed E-state index contributed by atoms with van der Waals surface area (Å²) in [6, 6.07) is 21.3. The molecule has 7 N–H and O–H groups in total. The highest BCUT2D eigenvalue weighted by Crippen LogP contribution is 2.31. The molecule has 0 aliphatic carbocycles. The summed E-state index contributed by atoms with van der Waals surface area (Å²) in [5.74, 6) is -1.21. The van der Waals surface area contributed by atoms with Crippen LogP contribution in [0.25, 0.3) is 21.7 Å². The summed E-state index contributed by atoms with van der Waals surface area (Å²) in [6.07, 6.45) is -0.299. The van der Waals surface area contributed by atoms with Crippen molar-refractivity contribution in [1.82, 2.24) is 36.0 Å². The first kappa shape index (κ1) is 45.1. The molecule has 4 amide bonds. The maximum Gasteiger partial charge on any atom is 0.251 e. The van der Waals surface area contributed by atoms with Gasteiger partial charge in [0.05, 0.1) is 35.4 Å². The number of nitrogens with zero attached hydrogens (tertiary/aromatic N) is 4. The van der Waals surface area contributed by atoms with E-state index in [1.807, 2.05) is 43.3 Å². The van der Waals surface area contributed by atoms with Crippen LogP contribution < -0.4 is 26.4 Å². The van der Waals surface area contributed by atoms with Crippen LogP contribution in [-0.2, 0) is 32.1 Å². The molecule has 0 bridgehead atoms. The number of aliphatic hydroxyl groups excluding tert-OH is 1. The van der Waals surface area contributed by atoms with Crippen LogP contribution in [0.5, 0.6) is 11.5 Å². The lowest BCUT2D eigenvalue weighted by molar-refractivity contribution is -0.144. The van der Waals surface area contributed by atoms with Crippen molar-refractivity contribution >= 4 is 40.8 Å². The van der Waals surface area contributed by atoms with E-state index in [1.54, 1.807) is 80.1 Å². The number of aryl methyl sites for hydroxylation is 1. The number of hydrogen-bond acceptors (Lipinski definition) is 13. The number of ether oxygens (including phenoxy) is 2. The molecule has 5 aromatic rings. The van der Waals surface area contributed by atoms with Crippen molar-refractivity contribution in [3.05, 3.63) is 107 Å². The standard InChI is InChI=1S/C45H52N8O8S/c1-27-39(62-26-49-27)30-13-11-29(12-14-30)23-48-43(58)35-21-32(54)24-53(35)44(59)40(45(2,3)4)50-38(56)25-60-20-18-47-42(57)31-15-9-28(10-16-31)17-19-61-37-22-34(51-52-41(37)46)33-7-5-6-8-36(33)55/h5-16,22,26,32,35,40,54-55H,17-21,23-25H2,1-4H3,(H2,46,52)(H,47,57)(H,48,58)(H,50,56)/t32-,35+,40-/m1/s1. The van der Waals surface area contributed by atoms with E-state index < -0.39 is 41.3 Å². The van der Waals surface area contributed by atoms with Crippen LogP contribution >= 0.6 is 11.3 Å². The van der Waals surface area contributed by atoms with Gasteiger partial charge in [-0.25, -0.2) is 4.98 Å². The number of carbonyl (C=O) groups is 4. The number of aromatic nitrogens is 3. The lowest BCUT2D eigenvalue weighted by Crippen LogP contribution is -2.58. The molecule has 1 aliphatic rings. The minimum absolute atomic E-state index is 0.0372. The van der Waals surface area contributed by atoms with Crippen LogP contribution in [0.4, 0.5) is 5.82 Å². The van der Waals surface area contributed by atoms with Crippen molar-refractivity contribution in [2.45, 2.75) is 65.3 Å². The summed E-state index contributed by atoms with van der Waals surface area (Å²) in [7, 11) is 0. The Kier molecular flexibility index (Phi) is 14.9. The summed E-state index contributed by atoms with van der Waals surface area (Å²) in [4.78, 5) is 59.9. The second kappa shape index (κ2) is 20.4. The third-order valence-electron chi connectivity index (χ3n) is 10.3. The Morgan fingerprint density at radius 2 is 1.69 bits per heavy atom. The number of β-amino-alcohol motifs (C(OH)–C–C–N with tert-alkyl or cyclic N) is 1. The third kappa shape index (κ3) is 11.7. The topological polar surface area (TPSA) is 231 Å². The van der Waals surface area contributed by atoms with Gasteiger partial charge in [-0.1, -0.05) is 69.3 Å². The van der Waals surface area contributed by atoms with E-state index in [1.165, 1.54) is 4.90 Å². The van der Waals surface area contributed by atoms with Crippen molar-refractivity contribution in [2.24, 2.45) is 5.41 Å². The molecule has 16 nitrogen and oxygen atoms in total. The number of rotatable bonds is 17. The highest BCUT2D eigenvalue weighted by atomic mass is 32.1.